The first-order chi connectivity index (χ1) is 12.4. The van der Waals surface area contributed by atoms with Crippen LogP contribution in [0.1, 0.15) is 22.0 Å². The Morgan fingerprint density at radius 1 is 1.23 bits per heavy atom. The van der Waals surface area contributed by atoms with Gasteiger partial charge in [0.1, 0.15) is 12.6 Å². The van der Waals surface area contributed by atoms with Crippen molar-refractivity contribution in [3.05, 3.63) is 47.8 Å². The molecule has 26 heavy (non-hydrogen) atoms. The molecule has 0 bridgehead atoms. The molecule has 0 saturated carbocycles. The number of rotatable bonds is 7. The van der Waals surface area contributed by atoms with Crippen LogP contribution in [0.15, 0.2) is 36.7 Å². The molecule has 0 aliphatic heterocycles. The standard InChI is InChI=1S/C17H21N5O4/c1-18-15(12-8-20-22(2)10-12)17(25)21-13-6-4-11(5-7-13)16(24)19-9-14(23)26-3/h4-8,10,15,18H,9H2,1-3H3,(H,19,24)(H,21,25). The van der Waals surface area contributed by atoms with Crippen LogP contribution in [-0.4, -0.2) is 48.3 Å². The van der Waals surface area contributed by atoms with Crippen molar-refractivity contribution in [2.24, 2.45) is 7.05 Å². The molecule has 0 fully saturated rings. The molecule has 1 aromatic heterocycles. The third-order valence-corrected chi connectivity index (χ3v) is 3.64. The van der Waals surface area contributed by atoms with E-state index >= 15 is 0 Å². The number of amides is 2. The van der Waals surface area contributed by atoms with Gasteiger partial charge in [-0.2, -0.15) is 5.10 Å². The molecule has 0 spiro atoms. The van der Waals surface area contributed by atoms with Gasteiger partial charge in [0.2, 0.25) is 5.91 Å². The van der Waals surface area contributed by atoms with Crippen LogP contribution >= 0.6 is 0 Å². The molecule has 1 unspecified atom stereocenters. The Bertz CT molecular complexity index is 785. The molecule has 138 valence electrons. The van der Waals surface area contributed by atoms with Crippen molar-refractivity contribution in [1.82, 2.24) is 20.4 Å². The van der Waals surface area contributed by atoms with Crippen molar-refractivity contribution in [3.8, 4) is 0 Å². The number of methoxy groups -OCH3 is 1. The van der Waals surface area contributed by atoms with Crippen molar-refractivity contribution in [2.45, 2.75) is 6.04 Å². The quantitative estimate of drug-likeness (QED) is 0.610. The van der Waals surface area contributed by atoms with E-state index < -0.39 is 17.9 Å². The molecular formula is C17H21N5O4. The predicted molar refractivity (Wildman–Crippen MR) is 94.4 cm³/mol. The Kier molecular flexibility index (Phi) is 6.45. The molecule has 2 aromatic rings. The first kappa shape index (κ1) is 19.1. The molecule has 0 saturated heterocycles. The molecular weight excluding hydrogens is 338 g/mol. The van der Waals surface area contributed by atoms with Crippen LogP contribution in [0.5, 0.6) is 0 Å². The van der Waals surface area contributed by atoms with E-state index in [-0.39, 0.29) is 12.5 Å². The number of nitrogens with zero attached hydrogens (tertiary/aromatic N) is 2. The summed E-state index contributed by atoms with van der Waals surface area (Å²) >= 11 is 0. The fraction of sp³-hybridized carbons (Fsp3) is 0.294. The SMILES string of the molecule is CNC(C(=O)Nc1ccc(C(=O)NCC(=O)OC)cc1)c1cnn(C)c1. The lowest BCUT2D eigenvalue weighted by molar-refractivity contribution is -0.139. The van der Waals surface area contributed by atoms with E-state index in [0.717, 1.165) is 5.56 Å². The molecule has 0 radical (unpaired) electrons. The van der Waals surface area contributed by atoms with Crippen molar-refractivity contribution >= 4 is 23.5 Å². The first-order valence-corrected chi connectivity index (χ1v) is 7.86. The highest BCUT2D eigenvalue weighted by Gasteiger charge is 2.20. The lowest BCUT2D eigenvalue weighted by Gasteiger charge is -2.14. The van der Waals surface area contributed by atoms with Crippen molar-refractivity contribution in [3.63, 3.8) is 0 Å². The summed E-state index contributed by atoms with van der Waals surface area (Å²) < 4.78 is 6.08. The van der Waals surface area contributed by atoms with Gasteiger partial charge < -0.3 is 20.7 Å². The summed E-state index contributed by atoms with van der Waals surface area (Å²) in [4.78, 5) is 35.4. The van der Waals surface area contributed by atoms with Crippen LogP contribution in [0.25, 0.3) is 0 Å². The second-order valence-electron chi connectivity index (χ2n) is 5.49. The number of benzene rings is 1. The zero-order chi connectivity index (χ0) is 19.1. The third kappa shape index (κ3) is 4.90. The molecule has 2 rings (SSSR count). The maximum atomic E-state index is 12.4. The number of likely N-dealkylation sites (N-methyl/N-ethyl adjacent to an activating group) is 1. The summed E-state index contributed by atoms with van der Waals surface area (Å²) in [7, 11) is 4.71. The van der Waals surface area contributed by atoms with E-state index in [9.17, 15) is 14.4 Å². The van der Waals surface area contributed by atoms with Gasteiger partial charge in [-0.05, 0) is 31.3 Å². The summed E-state index contributed by atoms with van der Waals surface area (Å²) in [6.45, 7) is -0.206. The smallest absolute Gasteiger partial charge is 0.325 e. The average Bonchev–Trinajstić information content (AvgIpc) is 3.06. The van der Waals surface area contributed by atoms with E-state index in [0.29, 0.717) is 11.3 Å². The number of carbonyl (C=O) groups is 3. The molecule has 3 N–H and O–H groups in total. The number of aryl methyl sites for hydroxylation is 1. The van der Waals surface area contributed by atoms with Crippen molar-refractivity contribution in [2.75, 3.05) is 26.0 Å². The topological polar surface area (TPSA) is 114 Å². The second kappa shape index (κ2) is 8.77. The van der Waals surface area contributed by atoms with Gasteiger partial charge in [0.15, 0.2) is 0 Å². The fourth-order valence-corrected chi connectivity index (χ4v) is 2.28. The molecule has 1 aromatic carbocycles. The van der Waals surface area contributed by atoms with Gasteiger partial charge >= 0.3 is 5.97 Å². The largest absolute Gasteiger partial charge is 0.468 e. The number of nitrogens with one attached hydrogen (secondary N) is 3. The Morgan fingerprint density at radius 2 is 1.92 bits per heavy atom. The molecule has 1 atom stereocenters. The van der Waals surface area contributed by atoms with E-state index in [1.807, 2.05) is 0 Å². The molecule has 1 heterocycles. The van der Waals surface area contributed by atoms with Crippen molar-refractivity contribution in [1.29, 1.82) is 0 Å². The van der Waals surface area contributed by atoms with Crippen LogP contribution in [0, 0.1) is 0 Å². The van der Waals surface area contributed by atoms with E-state index in [2.05, 4.69) is 25.8 Å². The monoisotopic (exact) mass is 359 g/mol. The number of carbonyl (C=O) groups excluding carboxylic acids is 3. The maximum Gasteiger partial charge on any atom is 0.325 e. The van der Waals surface area contributed by atoms with Gasteiger partial charge in [-0.15, -0.1) is 0 Å². The fourth-order valence-electron chi connectivity index (χ4n) is 2.28. The van der Waals surface area contributed by atoms with E-state index in [1.54, 1.807) is 55.4 Å². The number of hydrogen-bond donors (Lipinski definition) is 3. The number of anilines is 1. The number of hydrogen-bond acceptors (Lipinski definition) is 6. The third-order valence-electron chi connectivity index (χ3n) is 3.64. The molecule has 9 heteroatoms. The lowest BCUT2D eigenvalue weighted by atomic mass is 10.1. The van der Waals surface area contributed by atoms with Gasteiger partial charge in [-0.25, -0.2) is 0 Å². The summed E-state index contributed by atoms with van der Waals surface area (Å²) in [5, 5.41) is 12.2. The van der Waals surface area contributed by atoms with Crippen LogP contribution in [0.3, 0.4) is 0 Å². The molecule has 0 aliphatic carbocycles. The number of aromatic nitrogens is 2. The molecule has 0 aliphatic rings. The first-order valence-electron chi connectivity index (χ1n) is 7.86. The number of esters is 1. The van der Waals surface area contributed by atoms with Gasteiger partial charge in [-0.3, -0.25) is 19.1 Å². The Morgan fingerprint density at radius 3 is 2.46 bits per heavy atom. The van der Waals surface area contributed by atoms with Gasteiger partial charge in [0.25, 0.3) is 5.91 Å². The highest BCUT2D eigenvalue weighted by molar-refractivity contribution is 5.98. The normalized spacial score (nSPS) is 11.5. The van der Waals surface area contributed by atoms with E-state index in [1.165, 1.54) is 7.11 Å². The minimum atomic E-state index is -0.549. The Balaban J connectivity index is 1.98. The van der Waals surface area contributed by atoms with Gasteiger partial charge in [-0.1, -0.05) is 0 Å². The predicted octanol–water partition coefficient (Wildman–Crippen LogP) is 0.222. The van der Waals surface area contributed by atoms with Crippen molar-refractivity contribution < 1.29 is 19.1 Å². The van der Waals surface area contributed by atoms with E-state index in [4.69, 9.17) is 0 Å². The van der Waals surface area contributed by atoms with Crippen LogP contribution in [-0.2, 0) is 21.4 Å². The zero-order valence-corrected chi connectivity index (χ0v) is 14.8. The Hall–Kier alpha value is -3.20. The maximum absolute atomic E-state index is 12.4. The zero-order valence-electron chi connectivity index (χ0n) is 14.8. The molecule has 2 amide bonds. The van der Waals surface area contributed by atoms with Crippen LogP contribution in [0.2, 0.25) is 0 Å². The number of ether oxygens (including phenoxy) is 1. The minimum absolute atomic E-state index is 0.206. The van der Waals surface area contributed by atoms with Crippen LogP contribution in [0.4, 0.5) is 5.69 Å². The average molecular weight is 359 g/mol. The highest BCUT2D eigenvalue weighted by Crippen LogP contribution is 2.16. The minimum Gasteiger partial charge on any atom is -0.468 e. The summed E-state index contributed by atoms with van der Waals surface area (Å²) in [6.07, 6.45) is 3.38. The summed E-state index contributed by atoms with van der Waals surface area (Å²) in [5.74, 6) is -1.18. The van der Waals surface area contributed by atoms with Gasteiger partial charge in [0.05, 0.1) is 13.3 Å². The Labute approximate surface area is 150 Å². The second-order valence-corrected chi connectivity index (χ2v) is 5.49. The summed E-state index contributed by atoms with van der Waals surface area (Å²) in [5.41, 5.74) is 1.65. The highest BCUT2D eigenvalue weighted by atomic mass is 16.5. The summed E-state index contributed by atoms with van der Waals surface area (Å²) in [6, 6.07) is 5.79. The van der Waals surface area contributed by atoms with Gasteiger partial charge in [0, 0.05) is 30.1 Å². The molecule has 9 nitrogen and oxygen atoms in total. The lowest BCUT2D eigenvalue weighted by Crippen LogP contribution is -2.31. The van der Waals surface area contributed by atoms with Crippen LogP contribution < -0.4 is 16.0 Å².